The van der Waals surface area contributed by atoms with Gasteiger partial charge >= 0.3 is 6.01 Å². The molecule has 1 aromatic carbocycles. The van der Waals surface area contributed by atoms with Gasteiger partial charge in [-0.05, 0) is 37.1 Å². The predicted octanol–water partition coefficient (Wildman–Crippen LogP) is 3.54. The van der Waals surface area contributed by atoms with Crippen molar-refractivity contribution in [2.45, 2.75) is 20.3 Å². The van der Waals surface area contributed by atoms with Crippen LogP contribution in [0.3, 0.4) is 0 Å². The first-order valence-corrected chi connectivity index (χ1v) is 7.15. The van der Waals surface area contributed by atoms with Crippen molar-refractivity contribution in [1.82, 2.24) is 15.0 Å². The number of anilines is 1. The van der Waals surface area contributed by atoms with Gasteiger partial charge in [-0.2, -0.15) is 15.0 Å². The minimum Gasteiger partial charge on any atom is -0.494 e. The third-order valence-electron chi connectivity index (χ3n) is 2.45. The minimum atomic E-state index is 0.0829. The van der Waals surface area contributed by atoms with Gasteiger partial charge in [0.15, 0.2) is 0 Å². The van der Waals surface area contributed by atoms with Crippen LogP contribution >= 0.6 is 11.6 Å². The number of nitrogens with one attached hydrogen (secondary N) is 1. The lowest BCUT2D eigenvalue weighted by Crippen LogP contribution is -2.06. The van der Waals surface area contributed by atoms with Crippen LogP contribution in [0.1, 0.15) is 20.3 Å². The van der Waals surface area contributed by atoms with Crippen LogP contribution < -0.4 is 14.8 Å². The van der Waals surface area contributed by atoms with Crippen molar-refractivity contribution in [3.8, 4) is 17.5 Å². The molecule has 0 aliphatic carbocycles. The average molecular weight is 309 g/mol. The van der Waals surface area contributed by atoms with E-state index in [1.807, 2.05) is 26.0 Å². The van der Waals surface area contributed by atoms with Crippen molar-refractivity contribution in [2.24, 2.45) is 0 Å². The zero-order valence-corrected chi connectivity index (χ0v) is 12.7. The summed E-state index contributed by atoms with van der Waals surface area (Å²) in [6, 6.07) is 7.38. The number of ether oxygens (including phenoxy) is 2. The van der Waals surface area contributed by atoms with Crippen LogP contribution in [0.25, 0.3) is 0 Å². The molecule has 0 aliphatic rings. The van der Waals surface area contributed by atoms with Crippen LogP contribution in [0.4, 0.5) is 5.95 Å². The summed E-state index contributed by atoms with van der Waals surface area (Å²) in [4.78, 5) is 12.1. The summed E-state index contributed by atoms with van der Waals surface area (Å²) in [5, 5.41) is 3.12. The van der Waals surface area contributed by atoms with E-state index in [1.165, 1.54) is 0 Å². The van der Waals surface area contributed by atoms with Gasteiger partial charge in [-0.25, -0.2) is 0 Å². The minimum absolute atomic E-state index is 0.0829. The van der Waals surface area contributed by atoms with E-state index >= 15 is 0 Å². The van der Waals surface area contributed by atoms with Gasteiger partial charge in [-0.15, -0.1) is 0 Å². The van der Waals surface area contributed by atoms with Gasteiger partial charge < -0.3 is 14.8 Å². The molecule has 0 radical (unpaired) electrons. The zero-order valence-electron chi connectivity index (χ0n) is 12.0. The molecule has 1 aromatic heterocycles. The molecule has 0 unspecified atom stereocenters. The zero-order chi connectivity index (χ0) is 15.1. The summed E-state index contributed by atoms with van der Waals surface area (Å²) in [6.07, 6.45) is 0.954. The summed E-state index contributed by atoms with van der Waals surface area (Å²) in [6.45, 7) is 5.31. The molecular formula is C14H17ClN4O2. The molecule has 0 fully saturated rings. The highest BCUT2D eigenvalue weighted by atomic mass is 35.5. The normalized spacial score (nSPS) is 10.2. The molecule has 0 bridgehead atoms. The Morgan fingerprint density at radius 1 is 1.14 bits per heavy atom. The van der Waals surface area contributed by atoms with E-state index in [4.69, 9.17) is 21.1 Å². The largest absolute Gasteiger partial charge is 0.494 e. The summed E-state index contributed by atoms with van der Waals surface area (Å²) >= 11 is 5.87. The number of hydrogen-bond acceptors (Lipinski definition) is 6. The lowest BCUT2D eigenvalue weighted by molar-refractivity contribution is 0.337. The maximum atomic E-state index is 5.87. The number of rotatable bonds is 7. The van der Waals surface area contributed by atoms with Crippen molar-refractivity contribution in [3.63, 3.8) is 0 Å². The molecular weight excluding hydrogens is 292 g/mol. The van der Waals surface area contributed by atoms with E-state index in [0.717, 1.165) is 18.7 Å². The fourth-order valence-electron chi connectivity index (χ4n) is 1.59. The maximum Gasteiger partial charge on any atom is 0.328 e. The van der Waals surface area contributed by atoms with Gasteiger partial charge in [0.05, 0.1) is 6.61 Å². The van der Waals surface area contributed by atoms with Crippen LogP contribution in [0.15, 0.2) is 24.3 Å². The first-order valence-electron chi connectivity index (χ1n) is 6.77. The first-order chi connectivity index (χ1) is 10.2. The molecule has 112 valence electrons. The molecule has 1 N–H and O–H groups in total. The summed E-state index contributed by atoms with van der Waals surface area (Å²) in [5.74, 6) is 1.69. The van der Waals surface area contributed by atoms with Crippen molar-refractivity contribution >= 4 is 17.5 Å². The predicted molar refractivity (Wildman–Crippen MR) is 81.3 cm³/mol. The second kappa shape index (κ2) is 7.64. The number of halogens is 1. The van der Waals surface area contributed by atoms with Gasteiger partial charge in [0.2, 0.25) is 11.2 Å². The molecule has 0 atom stereocenters. The quantitative estimate of drug-likeness (QED) is 0.843. The Bertz CT molecular complexity index is 595. The molecule has 2 rings (SSSR count). The summed E-state index contributed by atoms with van der Waals surface area (Å²) < 4.78 is 11.0. The average Bonchev–Trinajstić information content (AvgIpc) is 2.45. The highest BCUT2D eigenvalue weighted by Crippen LogP contribution is 2.24. The van der Waals surface area contributed by atoms with Crippen LogP contribution in [0, 0.1) is 0 Å². The molecule has 0 spiro atoms. The molecule has 1 heterocycles. The molecule has 0 aliphatic heterocycles. The van der Waals surface area contributed by atoms with Crippen molar-refractivity contribution in [3.05, 3.63) is 29.5 Å². The van der Waals surface area contributed by atoms with E-state index in [9.17, 15) is 0 Å². The van der Waals surface area contributed by atoms with E-state index < -0.39 is 0 Å². The van der Waals surface area contributed by atoms with E-state index in [1.54, 1.807) is 12.1 Å². The Balaban J connectivity index is 2.14. The van der Waals surface area contributed by atoms with Gasteiger partial charge in [0.25, 0.3) is 0 Å². The van der Waals surface area contributed by atoms with Gasteiger partial charge in [0, 0.05) is 12.6 Å². The van der Waals surface area contributed by atoms with E-state index in [-0.39, 0.29) is 11.3 Å². The lowest BCUT2D eigenvalue weighted by atomic mass is 10.3. The third kappa shape index (κ3) is 4.75. The highest BCUT2D eigenvalue weighted by Gasteiger charge is 2.07. The van der Waals surface area contributed by atoms with Crippen molar-refractivity contribution < 1.29 is 9.47 Å². The summed E-state index contributed by atoms with van der Waals surface area (Å²) in [7, 11) is 0. The van der Waals surface area contributed by atoms with Crippen molar-refractivity contribution in [2.75, 3.05) is 18.5 Å². The second-order valence-corrected chi connectivity index (χ2v) is 4.49. The molecule has 0 saturated heterocycles. The van der Waals surface area contributed by atoms with Crippen molar-refractivity contribution in [1.29, 1.82) is 0 Å². The second-order valence-electron chi connectivity index (χ2n) is 4.15. The maximum absolute atomic E-state index is 5.87. The van der Waals surface area contributed by atoms with Crippen LogP contribution in [0.2, 0.25) is 5.28 Å². The van der Waals surface area contributed by atoms with Gasteiger partial charge in [0.1, 0.15) is 11.5 Å². The number of nitrogens with zero attached hydrogens (tertiary/aromatic N) is 3. The van der Waals surface area contributed by atoms with Gasteiger partial charge in [-0.1, -0.05) is 13.0 Å². The van der Waals surface area contributed by atoms with Crippen LogP contribution in [0.5, 0.6) is 17.5 Å². The standard InChI is InChI=1S/C14H17ClN4O2/c1-3-8-16-13-17-12(15)18-14(19-13)21-11-7-5-6-10(9-11)20-4-2/h5-7,9H,3-4,8H2,1-2H3,(H,16,17,18,19). The van der Waals surface area contributed by atoms with E-state index in [0.29, 0.717) is 18.3 Å². The highest BCUT2D eigenvalue weighted by molar-refractivity contribution is 6.28. The Kier molecular flexibility index (Phi) is 5.57. The number of aromatic nitrogens is 3. The Labute approximate surface area is 128 Å². The monoisotopic (exact) mass is 308 g/mol. The van der Waals surface area contributed by atoms with E-state index in [2.05, 4.69) is 20.3 Å². The molecule has 7 heteroatoms. The number of hydrogen-bond donors (Lipinski definition) is 1. The third-order valence-corrected chi connectivity index (χ3v) is 2.62. The number of benzene rings is 1. The SMILES string of the molecule is CCCNc1nc(Cl)nc(Oc2cccc(OCC)c2)n1. The molecule has 2 aromatic rings. The Morgan fingerprint density at radius 2 is 1.95 bits per heavy atom. The fraction of sp³-hybridized carbons (Fsp3) is 0.357. The molecule has 0 saturated carbocycles. The lowest BCUT2D eigenvalue weighted by Gasteiger charge is -2.08. The topological polar surface area (TPSA) is 69.2 Å². The smallest absolute Gasteiger partial charge is 0.328 e. The Hall–Kier alpha value is -2.08. The molecule has 21 heavy (non-hydrogen) atoms. The molecule has 0 amide bonds. The first kappa shape index (κ1) is 15.3. The van der Waals surface area contributed by atoms with Crippen LogP contribution in [-0.4, -0.2) is 28.1 Å². The summed E-state index contributed by atoms with van der Waals surface area (Å²) in [5.41, 5.74) is 0. The molecule has 6 nitrogen and oxygen atoms in total. The van der Waals surface area contributed by atoms with Gasteiger partial charge in [-0.3, -0.25) is 0 Å². The van der Waals surface area contributed by atoms with Crippen LogP contribution in [-0.2, 0) is 0 Å². The Morgan fingerprint density at radius 3 is 2.71 bits per heavy atom. The fourth-order valence-corrected chi connectivity index (χ4v) is 1.75.